The normalized spacial score (nSPS) is 10.2. The van der Waals surface area contributed by atoms with E-state index in [1.165, 1.54) is 5.56 Å². The first-order valence-electron chi connectivity index (χ1n) is 6.15. The van der Waals surface area contributed by atoms with E-state index in [9.17, 15) is 0 Å². The Kier molecular flexibility index (Phi) is 4.75. The molecule has 0 saturated heterocycles. The average molecular weight is 258 g/mol. The van der Waals surface area contributed by atoms with Gasteiger partial charge in [-0.25, -0.2) is 4.98 Å². The molecule has 0 atom stereocenters. The maximum atomic E-state index is 5.19. The number of ether oxygens (including phenoxy) is 2. The van der Waals surface area contributed by atoms with Gasteiger partial charge in [0.05, 0.1) is 19.9 Å². The number of pyridine rings is 1. The number of nitrogens with one attached hydrogen (secondary N) is 1. The van der Waals surface area contributed by atoms with E-state index < -0.39 is 0 Å². The molecule has 1 heterocycles. The smallest absolute Gasteiger partial charge is 0.213 e. The number of aromatic nitrogens is 1. The summed E-state index contributed by atoms with van der Waals surface area (Å²) in [7, 11) is 3.29. The fourth-order valence-electron chi connectivity index (χ4n) is 1.79. The third-order valence-corrected chi connectivity index (χ3v) is 2.76. The minimum atomic E-state index is 0.640. The molecule has 1 N–H and O–H groups in total. The van der Waals surface area contributed by atoms with E-state index in [4.69, 9.17) is 9.47 Å². The van der Waals surface area contributed by atoms with Gasteiger partial charge >= 0.3 is 0 Å². The van der Waals surface area contributed by atoms with Crippen LogP contribution in [0.2, 0.25) is 0 Å². The van der Waals surface area contributed by atoms with Crippen molar-refractivity contribution >= 4 is 0 Å². The first-order valence-corrected chi connectivity index (χ1v) is 6.15. The highest BCUT2D eigenvalue weighted by molar-refractivity contribution is 5.28. The fraction of sp³-hybridized carbons (Fsp3) is 0.267. The Balaban J connectivity index is 1.88. The molecule has 4 nitrogen and oxygen atoms in total. The molecular weight excluding hydrogens is 240 g/mol. The van der Waals surface area contributed by atoms with Gasteiger partial charge in [-0.05, 0) is 23.8 Å². The number of nitrogens with zero attached hydrogens (tertiary/aromatic N) is 1. The summed E-state index contributed by atoms with van der Waals surface area (Å²) in [5.41, 5.74) is 2.14. The Morgan fingerprint density at radius 3 is 2.63 bits per heavy atom. The van der Waals surface area contributed by atoms with Crippen LogP contribution in [0.1, 0.15) is 11.3 Å². The predicted octanol–water partition coefficient (Wildman–Crippen LogP) is 2.39. The van der Waals surface area contributed by atoms with Crippen LogP contribution in [0.5, 0.6) is 11.6 Å². The molecule has 0 aliphatic rings. The lowest BCUT2D eigenvalue weighted by atomic mass is 10.2. The highest BCUT2D eigenvalue weighted by Gasteiger charge is 1.99. The Morgan fingerprint density at radius 1 is 1.00 bits per heavy atom. The van der Waals surface area contributed by atoms with Crippen molar-refractivity contribution in [1.82, 2.24) is 10.3 Å². The molecule has 0 aliphatic heterocycles. The van der Waals surface area contributed by atoms with E-state index in [2.05, 4.69) is 16.4 Å². The summed E-state index contributed by atoms with van der Waals surface area (Å²) in [6.45, 7) is 1.48. The minimum Gasteiger partial charge on any atom is -0.497 e. The number of hydrogen-bond acceptors (Lipinski definition) is 4. The van der Waals surface area contributed by atoms with Crippen molar-refractivity contribution in [3.63, 3.8) is 0 Å². The van der Waals surface area contributed by atoms with Crippen LogP contribution < -0.4 is 14.8 Å². The van der Waals surface area contributed by atoms with Crippen LogP contribution in [0.4, 0.5) is 0 Å². The van der Waals surface area contributed by atoms with Crippen molar-refractivity contribution in [1.29, 1.82) is 0 Å². The molecule has 2 rings (SSSR count). The lowest BCUT2D eigenvalue weighted by molar-refractivity contribution is 0.395. The van der Waals surface area contributed by atoms with Crippen molar-refractivity contribution < 1.29 is 9.47 Å². The maximum absolute atomic E-state index is 5.19. The van der Waals surface area contributed by atoms with Gasteiger partial charge in [0.25, 0.3) is 0 Å². The van der Waals surface area contributed by atoms with Gasteiger partial charge in [-0.1, -0.05) is 18.2 Å². The lowest BCUT2D eigenvalue weighted by Crippen LogP contribution is -2.13. The largest absolute Gasteiger partial charge is 0.497 e. The Morgan fingerprint density at radius 2 is 1.84 bits per heavy atom. The SMILES string of the molecule is COc1cccc(CNCc2cccc(OC)n2)c1. The zero-order valence-electron chi connectivity index (χ0n) is 11.2. The molecule has 100 valence electrons. The van der Waals surface area contributed by atoms with E-state index in [-0.39, 0.29) is 0 Å². The third-order valence-electron chi connectivity index (χ3n) is 2.76. The number of hydrogen-bond donors (Lipinski definition) is 1. The van der Waals surface area contributed by atoms with Gasteiger partial charge in [0.15, 0.2) is 0 Å². The molecule has 0 spiro atoms. The molecule has 19 heavy (non-hydrogen) atoms. The quantitative estimate of drug-likeness (QED) is 0.864. The van der Waals surface area contributed by atoms with E-state index in [0.717, 1.165) is 18.0 Å². The summed E-state index contributed by atoms with van der Waals surface area (Å²) >= 11 is 0. The topological polar surface area (TPSA) is 43.4 Å². The summed E-state index contributed by atoms with van der Waals surface area (Å²) in [4.78, 5) is 4.35. The van der Waals surface area contributed by atoms with Crippen LogP contribution in [0.3, 0.4) is 0 Å². The summed E-state index contributed by atoms with van der Waals surface area (Å²) in [5, 5.41) is 3.35. The average Bonchev–Trinajstić information content (AvgIpc) is 2.48. The highest BCUT2D eigenvalue weighted by Crippen LogP contribution is 2.12. The standard InChI is InChI=1S/C15H18N2O2/c1-18-14-7-3-5-12(9-14)10-16-11-13-6-4-8-15(17-13)19-2/h3-9,16H,10-11H2,1-2H3. The zero-order valence-corrected chi connectivity index (χ0v) is 11.2. The molecule has 0 fully saturated rings. The lowest BCUT2D eigenvalue weighted by Gasteiger charge is -2.07. The molecule has 1 aromatic carbocycles. The molecule has 0 amide bonds. The summed E-state index contributed by atoms with van der Waals surface area (Å²) in [6.07, 6.45) is 0. The van der Waals surface area contributed by atoms with Crippen molar-refractivity contribution in [2.75, 3.05) is 14.2 Å². The van der Waals surface area contributed by atoms with Gasteiger partial charge in [-0.3, -0.25) is 0 Å². The molecule has 0 unspecified atom stereocenters. The molecule has 0 radical (unpaired) electrons. The monoisotopic (exact) mass is 258 g/mol. The Labute approximate surface area is 113 Å². The van der Waals surface area contributed by atoms with Crippen molar-refractivity contribution in [3.8, 4) is 11.6 Å². The molecule has 1 aromatic heterocycles. The van der Waals surface area contributed by atoms with Crippen molar-refractivity contribution in [2.45, 2.75) is 13.1 Å². The van der Waals surface area contributed by atoms with Gasteiger partial charge in [0, 0.05) is 19.2 Å². The van der Waals surface area contributed by atoms with E-state index in [0.29, 0.717) is 12.4 Å². The Bertz CT molecular complexity index is 482. The zero-order chi connectivity index (χ0) is 13.5. The van der Waals surface area contributed by atoms with Gasteiger partial charge in [-0.2, -0.15) is 0 Å². The van der Waals surface area contributed by atoms with Crippen LogP contribution >= 0.6 is 0 Å². The van der Waals surface area contributed by atoms with Gasteiger partial charge < -0.3 is 14.8 Å². The van der Waals surface area contributed by atoms with E-state index in [1.807, 2.05) is 36.4 Å². The van der Waals surface area contributed by atoms with E-state index >= 15 is 0 Å². The summed E-state index contributed by atoms with van der Waals surface area (Å²) in [5.74, 6) is 1.51. The first kappa shape index (κ1) is 13.4. The maximum Gasteiger partial charge on any atom is 0.213 e. The van der Waals surface area contributed by atoms with Gasteiger partial charge in [-0.15, -0.1) is 0 Å². The van der Waals surface area contributed by atoms with Gasteiger partial charge in [0.1, 0.15) is 5.75 Å². The molecule has 0 bridgehead atoms. The number of methoxy groups -OCH3 is 2. The molecule has 2 aromatic rings. The Hall–Kier alpha value is -2.07. The second-order valence-electron chi connectivity index (χ2n) is 4.13. The van der Waals surface area contributed by atoms with E-state index in [1.54, 1.807) is 14.2 Å². The van der Waals surface area contributed by atoms with Crippen molar-refractivity contribution in [3.05, 3.63) is 53.7 Å². The minimum absolute atomic E-state index is 0.640. The second-order valence-corrected chi connectivity index (χ2v) is 4.13. The van der Waals surface area contributed by atoms with Crippen LogP contribution in [0.25, 0.3) is 0 Å². The van der Waals surface area contributed by atoms with Crippen LogP contribution in [-0.2, 0) is 13.1 Å². The molecular formula is C15H18N2O2. The summed E-state index contributed by atoms with van der Waals surface area (Å²) < 4.78 is 10.3. The van der Waals surface area contributed by atoms with Crippen LogP contribution in [0, 0.1) is 0 Å². The fourth-order valence-corrected chi connectivity index (χ4v) is 1.79. The third kappa shape index (κ3) is 3.96. The predicted molar refractivity (Wildman–Crippen MR) is 74.3 cm³/mol. The number of rotatable bonds is 6. The molecule has 0 aliphatic carbocycles. The second kappa shape index (κ2) is 6.75. The van der Waals surface area contributed by atoms with Crippen LogP contribution in [0.15, 0.2) is 42.5 Å². The number of benzene rings is 1. The molecule has 0 saturated carbocycles. The summed E-state index contributed by atoms with van der Waals surface area (Å²) in [6, 6.07) is 13.8. The first-order chi connectivity index (χ1) is 9.31. The highest BCUT2D eigenvalue weighted by atomic mass is 16.5. The van der Waals surface area contributed by atoms with Gasteiger partial charge in [0.2, 0.25) is 5.88 Å². The molecule has 4 heteroatoms. The van der Waals surface area contributed by atoms with Crippen molar-refractivity contribution in [2.24, 2.45) is 0 Å². The van der Waals surface area contributed by atoms with Crippen LogP contribution in [-0.4, -0.2) is 19.2 Å².